The molecular weight excluding hydrogens is 311 g/mol. The largest absolute Gasteiger partial charge is 0.452 e. The van der Waals surface area contributed by atoms with Crippen LogP contribution in [0.3, 0.4) is 0 Å². The molecule has 1 aromatic carbocycles. The highest BCUT2D eigenvalue weighted by Gasteiger charge is 2.27. The lowest BCUT2D eigenvalue weighted by Gasteiger charge is -2.25. The summed E-state index contributed by atoms with van der Waals surface area (Å²) < 4.78 is 4.86. The monoisotopic (exact) mass is 322 g/mol. The zero-order valence-corrected chi connectivity index (χ0v) is 12.6. The number of amides is 3. The minimum atomic E-state index is -0.852. The number of hydrogen-bond donors (Lipinski definition) is 0. The van der Waals surface area contributed by atoms with Crippen molar-refractivity contribution in [3.05, 3.63) is 30.3 Å². The van der Waals surface area contributed by atoms with Gasteiger partial charge in [0.05, 0.1) is 12.8 Å². The molecule has 0 heterocycles. The molecule has 0 fully saturated rings. The second kappa shape index (κ2) is 7.47. The summed E-state index contributed by atoms with van der Waals surface area (Å²) in [7, 11) is 2.50. The highest BCUT2D eigenvalue weighted by molar-refractivity contribution is 8.04. The van der Waals surface area contributed by atoms with E-state index in [-0.39, 0.29) is 0 Å². The van der Waals surface area contributed by atoms with Gasteiger partial charge in [-0.05, 0) is 24.1 Å². The van der Waals surface area contributed by atoms with Gasteiger partial charge in [-0.3, -0.25) is 0 Å². The minimum Gasteiger partial charge on any atom is -0.452 e. The van der Waals surface area contributed by atoms with E-state index in [2.05, 4.69) is 4.74 Å². The number of halogens is 2. The molecule has 3 amide bonds. The van der Waals surface area contributed by atoms with Gasteiger partial charge in [-0.2, -0.15) is 0 Å². The number of alkyl halides is 2. The van der Waals surface area contributed by atoms with E-state index in [1.165, 1.54) is 18.5 Å². The molecule has 5 nitrogen and oxygen atoms in total. The molecule has 0 bridgehead atoms. The number of carbonyl (C=O) groups excluding carboxylic acids is 2. The first-order valence-electron chi connectivity index (χ1n) is 5.13. The van der Waals surface area contributed by atoms with Crippen LogP contribution in [0, 0.1) is 0 Å². The SMILES string of the molecule is COC(=O)N(C)C(=O)N(SC(Cl)Cl)c1ccccc1. The lowest BCUT2D eigenvalue weighted by Crippen LogP contribution is -2.41. The fourth-order valence-corrected chi connectivity index (χ4v) is 2.30. The first kappa shape index (κ1) is 15.9. The van der Waals surface area contributed by atoms with Crippen LogP contribution < -0.4 is 4.31 Å². The van der Waals surface area contributed by atoms with E-state index in [0.717, 1.165) is 16.8 Å². The third-order valence-corrected chi connectivity index (χ3v) is 3.30. The molecule has 0 atom stereocenters. The predicted molar refractivity (Wildman–Crippen MR) is 77.6 cm³/mol. The van der Waals surface area contributed by atoms with Crippen molar-refractivity contribution in [3.63, 3.8) is 0 Å². The molecule has 0 spiro atoms. The van der Waals surface area contributed by atoms with Crippen LogP contribution in [-0.4, -0.2) is 35.4 Å². The number of anilines is 1. The first-order valence-corrected chi connectivity index (χ1v) is 6.84. The quantitative estimate of drug-likeness (QED) is 0.628. The molecule has 0 aliphatic carbocycles. The van der Waals surface area contributed by atoms with E-state index >= 15 is 0 Å². The Morgan fingerprint density at radius 2 is 1.84 bits per heavy atom. The van der Waals surface area contributed by atoms with E-state index in [4.69, 9.17) is 23.2 Å². The molecule has 0 aromatic heterocycles. The van der Waals surface area contributed by atoms with Crippen molar-refractivity contribution in [2.24, 2.45) is 0 Å². The van der Waals surface area contributed by atoms with Crippen LogP contribution in [0.15, 0.2) is 30.3 Å². The van der Waals surface area contributed by atoms with E-state index < -0.39 is 16.3 Å². The molecule has 0 radical (unpaired) electrons. The second-order valence-electron chi connectivity index (χ2n) is 3.31. The third kappa shape index (κ3) is 4.49. The molecule has 0 aliphatic rings. The van der Waals surface area contributed by atoms with Crippen molar-refractivity contribution >= 4 is 53.0 Å². The Morgan fingerprint density at radius 1 is 1.26 bits per heavy atom. The zero-order valence-electron chi connectivity index (χ0n) is 10.2. The number of methoxy groups -OCH3 is 1. The van der Waals surface area contributed by atoms with Crippen LogP contribution in [0.25, 0.3) is 0 Å². The Balaban J connectivity index is 2.98. The summed E-state index contributed by atoms with van der Waals surface area (Å²) in [6.45, 7) is 0. The molecule has 104 valence electrons. The number of nitrogens with zero attached hydrogens (tertiary/aromatic N) is 2. The third-order valence-electron chi connectivity index (χ3n) is 2.08. The van der Waals surface area contributed by atoms with Gasteiger partial charge in [0.15, 0.2) is 4.17 Å². The standard InChI is InChI=1S/C11H12Cl2N2O3S/c1-14(11(17)18-2)10(16)15(19-9(12)13)8-6-4-3-5-7-8/h3-7,9H,1-2H3. The van der Waals surface area contributed by atoms with E-state index in [1.807, 2.05) is 0 Å². The maximum atomic E-state index is 12.2. The summed E-state index contributed by atoms with van der Waals surface area (Å²) in [6, 6.07) is 8.12. The Hall–Kier alpha value is -1.11. The lowest BCUT2D eigenvalue weighted by molar-refractivity contribution is 0.140. The fourth-order valence-electron chi connectivity index (χ4n) is 1.21. The molecule has 0 saturated carbocycles. The van der Waals surface area contributed by atoms with Crippen LogP contribution in [0.5, 0.6) is 0 Å². The van der Waals surface area contributed by atoms with Gasteiger partial charge in [0.25, 0.3) is 0 Å². The minimum absolute atomic E-state index is 0.555. The van der Waals surface area contributed by atoms with Crippen molar-refractivity contribution in [3.8, 4) is 0 Å². The smallest absolute Gasteiger partial charge is 0.417 e. The van der Waals surface area contributed by atoms with Gasteiger partial charge in [0, 0.05) is 7.05 Å². The van der Waals surface area contributed by atoms with Crippen molar-refractivity contribution in [1.82, 2.24) is 4.90 Å². The summed E-state index contributed by atoms with van der Waals surface area (Å²) in [5, 5.41) is 0. The number of carbonyl (C=O) groups is 2. The summed E-state index contributed by atoms with van der Waals surface area (Å²) in [5.74, 6) is 0. The summed E-state index contributed by atoms with van der Waals surface area (Å²) in [5.41, 5.74) is 0.555. The van der Waals surface area contributed by atoms with Gasteiger partial charge in [-0.25, -0.2) is 18.8 Å². The van der Waals surface area contributed by atoms with Crippen molar-refractivity contribution in [1.29, 1.82) is 0 Å². The van der Waals surface area contributed by atoms with Crippen LogP contribution in [0.2, 0.25) is 0 Å². The van der Waals surface area contributed by atoms with Gasteiger partial charge < -0.3 is 4.74 Å². The van der Waals surface area contributed by atoms with Crippen LogP contribution >= 0.6 is 35.1 Å². The topological polar surface area (TPSA) is 49.9 Å². The molecule has 1 aromatic rings. The number of ether oxygens (including phenoxy) is 1. The molecule has 0 aliphatic heterocycles. The first-order chi connectivity index (χ1) is 8.97. The maximum absolute atomic E-state index is 12.2. The molecule has 8 heteroatoms. The number of imide groups is 1. The molecule has 1 rings (SSSR count). The van der Waals surface area contributed by atoms with Gasteiger partial charge >= 0.3 is 12.1 Å². The maximum Gasteiger partial charge on any atom is 0.417 e. The van der Waals surface area contributed by atoms with Gasteiger partial charge in [-0.15, -0.1) is 0 Å². The number of benzene rings is 1. The fraction of sp³-hybridized carbons (Fsp3) is 0.273. The highest BCUT2D eigenvalue weighted by atomic mass is 35.5. The number of urea groups is 1. The molecular formula is C11H12Cl2N2O3S. The van der Waals surface area contributed by atoms with Gasteiger partial charge in [0.1, 0.15) is 0 Å². The van der Waals surface area contributed by atoms with Crippen LogP contribution in [-0.2, 0) is 4.74 Å². The normalized spacial score (nSPS) is 10.2. The molecule has 19 heavy (non-hydrogen) atoms. The Bertz CT molecular complexity index is 445. The molecule has 0 saturated heterocycles. The predicted octanol–water partition coefficient (Wildman–Crippen LogP) is 3.72. The number of para-hydroxylation sites is 1. The zero-order chi connectivity index (χ0) is 14.4. The van der Waals surface area contributed by atoms with Gasteiger partial charge in [-0.1, -0.05) is 41.4 Å². The summed E-state index contributed by atoms with van der Waals surface area (Å²) >= 11 is 12.3. The van der Waals surface area contributed by atoms with E-state index in [0.29, 0.717) is 5.69 Å². The van der Waals surface area contributed by atoms with E-state index in [1.54, 1.807) is 30.3 Å². The Labute approximate surface area is 125 Å². The molecule has 0 N–H and O–H groups in total. The average Bonchev–Trinajstić information content (AvgIpc) is 2.43. The van der Waals surface area contributed by atoms with Crippen molar-refractivity contribution in [2.45, 2.75) is 4.17 Å². The average molecular weight is 323 g/mol. The lowest BCUT2D eigenvalue weighted by atomic mass is 10.3. The van der Waals surface area contributed by atoms with Crippen molar-refractivity contribution in [2.75, 3.05) is 18.5 Å². The number of rotatable bonds is 3. The van der Waals surface area contributed by atoms with Crippen LogP contribution in [0.1, 0.15) is 0 Å². The highest BCUT2D eigenvalue weighted by Crippen LogP contribution is 2.30. The Morgan fingerprint density at radius 3 is 2.32 bits per heavy atom. The number of hydrogen-bond acceptors (Lipinski definition) is 4. The van der Waals surface area contributed by atoms with E-state index in [9.17, 15) is 9.59 Å². The summed E-state index contributed by atoms with van der Waals surface area (Å²) in [4.78, 5) is 24.4. The molecule has 0 unspecified atom stereocenters. The van der Waals surface area contributed by atoms with Crippen molar-refractivity contribution < 1.29 is 14.3 Å². The Kier molecular flexibility index (Phi) is 6.27. The van der Waals surface area contributed by atoms with Gasteiger partial charge in [0.2, 0.25) is 0 Å². The summed E-state index contributed by atoms with van der Waals surface area (Å²) in [6.07, 6.45) is -0.771. The van der Waals surface area contributed by atoms with Crippen LogP contribution in [0.4, 0.5) is 15.3 Å². The second-order valence-corrected chi connectivity index (χ2v) is 5.97.